The number of hydrogen-bond acceptors (Lipinski definition) is 5. The predicted octanol–water partition coefficient (Wildman–Crippen LogP) is 2.16. The Morgan fingerprint density at radius 1 is 1.74 bits per heavy atom. The Morgan fingerprint density at radius 3 is 3.21 bits per heavy atom. The van der Waals surface area contributed by atoms with E-state index in [1.807, 2.05) is 11.8 Å². The minimum atomic E-state index is 0.00655. The number of hydrogen-bond donors (Lipinski definition) is 2. The molecule has 0 spiro atoms. The van der Waals surface area contributed by atoms with Crippen molar-refractivity contribution in [2.45, 2.75) is 18.6 Å². The summed E-state index contributed by atoms with van der Waals surface area (Å²) in [4.78, 5) is 6.51. The van der Waals surface area contributed by atoms with Crippen molar-refractivity contribution in [3.8, 4) is 0 Å². The number of thioether (sulfide) groups is 1. The molecule has 0 aromatic carbocycles. The Kier molecular flexibility index (Phi) is 4.76. The van der Waals surface area contributed by atoms with E-state index in [1.54, 1.807) is 12.3 Å². The molecule has 1 fully saturated rings. The average molecular weight is 301 g/mol. The van der Waals surface area contributed by atoms with Gasteiger partial charge in [-0.15, -0.1) is 0 Å². The second-order valence-corrected chi connectivity index (χ2v) is 6.11. The SMILES string of the molecule is CCC1CN(c2nccc(/C(N)=N/O)c2Cl)CCS1. The molecule has 1 saturated heterocycles. The van der Waals surface area contributed by atoms with Gasteiger partial charge in [0.15, 0.2) is 5.84 Å². The van der Waals surface area contributed by atoms with Gasteiger partial charge < -0.3 is 15.8 Å². The fraction of sp³-hybridized carbons (Fsp3) is 0.500. The minimum absolute atomic E-state index is 0.00655. The van der Waals surface area contributed by atoms with Crippen LogP contribution in [0.5, 0.6) is 0 Å². The van der Waals surface area contributed by atoms with Gasteiger partial charge in [0.2, 0.25) is 0 Å². The van der Waals surface area contributed by atoms with Crippen LogP contribution in [0, 0.1) is 0 Å². The highest BCUT2D eigenvalue weighted by Crippen LogP contribution is 2.31. The molecule has 0 amide bonds. The first kappa shape index (κ1) is 14.3. The molecule has 19 heavy (non-hydrogen) atoms. The van der Waals surface area contributed by atoms with Crippen LogP contribution in [0.4, 0.5) is 5.82 Å². The molecule has 1 aromatic rings. The number of nitrogens with two attached hydrogens (primary N) is 1. The summed E-state index contributed by atoms with van der Waals surface area (Å²) in [6.07, 6.45) is 2.76. The van der Waals surface area contributed by atoms with Gasteiger partial charge in [-0.05, 0) is 12.5 Å². The van der Waals surface area contributed by atoms with Crippen molar-refractivity contribution >= 4 is 35.0 Å². The Balaban J connectivity index is 2.30. The first-order valence-electron chi connectivity index (χ1n) is 6.16. The third-order valence-corrected chi connectivity index (χ3v) is 4.89. The van der Waals surface area contributed by atoms with E-state index in [1.165, 1.54) is 0 Å². The van der Waals surface area contributed by atoms with Crippen molar-refractivity contribution in [2.24, 2.45) is 10.9 Å². The second kappa shape index (κ2) is 6.34. The third-order valence-electron chi connectivity index (χ3n) is 3.15. The van der Waals surface area contributed by atoms with Gasteiger partial charge in [0.1, 0.15) is 5.82 Å². The molecule has 0 aliphatic carbocycles. The normalized spacial score (nSPS) is 20.6. The van der Waals surface area contributed by atoms with Gasteiger partial charge in [-0.25, -0.2) is 4.98 Å². The van der Waals surface area contributed by atoms with Crippen molar-refractivity contribution < 1.29 is 5.21 Å². The smallest absolute Gasteiger partial charge is 0.171 e. The third kappa shape index (κ3) is 3.06. The van der Waals surface area contributed by atoms with Crippen molar-refractivity contribution in [2.75, 3.05) is 23.7 Å². The predicted molar refractivity (Wildman–Crippen MR) is 80.5 cm³/mol. The number of nitrogens with zero attached hydrogens (tertiary/aromatic N) is 3. The van der Waals surface area contributed by atoms with E-state index >= 15 is 0 Å². The van der Waals surface area contributed by atoms with Gasteiger partial charge in [0, 0.05) is 35.9 Å². The largest absolute Gasteiger partial charge is 0.409 e. The lowest BCUT2D eigenvalue weighted by Crippen LogP contribution is -2.38. The Hall–Kier alpha value is -1.14. The molecule has 1 unspecified atom stereocenters. The molecular formula is C12H17ClN4OS. The molecule has 0 bridgehead atoms. The number of pyridine rings is 1. The Bertz CT molecular complexity index is 483. The lowest BCUT2D eigenvalue weighted by molar-refractivity contribution is 0.318. The van der Waals surface area contributed by atoms with E-state index in [4.69, 9.17) is 22.5 Å². The number of amidine groups is 1. The number of halogens is 1. The van der Waals surface area contributed by atoms with Gasteiger partial charge in [0.25, 0.3) is 0 Å². The van der Waals surface area contributed by atoms with Crippen LogP contribution >= 0.6 is 23.4 Å². The van der Waals surface area contributed by atoms with E-state index in [0.29, 0.717) is 21.7 Å². The van der Waals surface area contributed by atoms with Crippen molar-refractivity contribution in [3.05, 3.63) is 22.8 Å². The zero-order valence-corrected chi connectivity index (χ0v) is 12.3. The summed E-state index contributed by atoms with van der Waals surface area (Å²) in [5, 5.41) is 12.8. The molecule has 1 aliphatic heterocycles. The molecular weight excluding hydrogens is 284 g/mol. The summed E-state index contributed by atoms with van der Waals surface area (Å²) in [7, 11) is 0. The summed E-state index contributed by atoms with van der Waals surface area (Å²) >= 11 is 8.31. The second-order valence-electron chi connectivity index (χ2n) is 4.33. The molecule has 104 valence electrons. The maximum atomic E-state index is 8.76. The van der Waals surface area contributed by atoms with Gasteiger partial charge in [-0.1, -0.05) is 23.7 Å². The van der Waals surface area contributed by atoms with E-state index < -0.39 is 0 Å². The van der Waals surface area contributed by atoms with E-state index in [2.05, 4.69) is 22.0 Å². The van der Waals surface area contributed by atoms with Gasteiger partial charge in [0.05, 0.1) is 5.02 Å². The molecule has 2 rings (SSSR count). The quantitative estimate of drug-likeness (QED) is 0.387. The molecule has 2 heterocycles. The van der Waals surface area contributed by atoms with Crippen molar-refractivity contribution in [1.29, 1.82) is 0 Å². The van der Waals surface area contributed by atoms with Crippen molar-refractivity contribution in [3.63, 3.8) is 0 Å². The van der Waals surface area contributed by atoms with E-state index in [9.17, 15) is 0 Å². The number of aromatic nitrogens is 1. The highest BCUT2D eigenvalue weighted by molar-refractivity contribution is 8.00. The number of anilines is 1. The molecule has 0 radical (unpaired) electrons. The first-order valence-corrected chi connectivity index (χ1v) is 7.59. The molecule has 3 N–H and O–H groups in total. The minimum Gasteiger partial charge on any atom is -0.409 e. The van der Waals surface area contributed by atoms with Crippen LogP contribution < -0.4 is 10.6 Å². The highest BCUT2D eigenvalue weighted by atomic mass is 35.5. The maximum absolute atomic E-state index is 8.76. The Labute approximate surface area is 121 Å². The van der Waals surface area contributed by atoms with Crippen LogP contribution in [0.25, 0.3) is 0 Å². The Morgan fingerprint density at radius 2 is 2.53 bits per heavy atom. The molecule has 1 atom stereocenters. The van der Waals surface area contributed by atoms with E-state index in [0.717, 1.165) is 25.3 Å². The van der Waals surface area contributed by atoms with Crippen molar-refractivity contribution in [1.82, 2.24) is 4.98 Å². The van der Waals surface area contributed by atoms with Crippen LogP contribution in [-0.4, -0.2) is 40.1 Å². The first-order chi connectivity index (χ1) is 9.17. The van der Waals surface area contributed by atoms with E-state index in [-0.39, 0.29) is 5.84 Å². The number of rotatable bonds is 3. The highest BCUT2D eigenvalue weighted by Gasteiger charge is 2.23. The topological polar surface area (TPSA) is 74.7 Å². The summed E-state index contributed by atoms with van der Waals surface area (Å²) in [5.41, 5.74) is 6.13. The standard InChI is InChI=1S/C12H17ClN4OS/c1-2-8-7-17(5-6-19-8)12-10(13)9(3-4-15-12)11(14)16-18/h3-4,8,18H,2,5-7H2,1H3,(H2,14,16). The summed E-state index contributed by atoms with van der Waals surface area (Å²) < 4.78 is 0. The molecule has 1 aromatic heterocycles. The zero-order chi connectivity index (χ0) is 13.8. The summed E-state index contributed by atoms with van der Waals surface area (Å²) in [5.74, 6) is 1.78. The maximum Gasteiger partial charge on any atom is 0.171 e. The molecule has 1 aliphatic rings. The zero-order valence-electron chi connectivity index (χ0n) is 10.7. The lowest BCUT2D eigenvalue weighted by Gasteiger charge is -2.33. The average Bonchev–Trinajstić information content (AvgIpc) is 2.46. The molecule has 7 heteroatoms. The fourth-order valence-corrected chi connectivity index (χ4v) is 3.57. The van der Waals surface area contributed by atoms with Crippen LogP contribution in [-0.2, 0) is 0 Å². The fourth-order valence-electron chi connectivity index (χ4n) is 2.06. The summed E-state index contributed by atoms with van der Waals surface area (Å²) in [6, 6.07) is 1.65. The molecule has 5 nitrogen and oxygen atoms in total. The number of oxime groups is 1. The van der Waals surface area contributed by atoms with Gasteiger partial charge in [-0.2, -0.15) is 11.8 Å². The molecule has 0 saturated carbocycles. The van der Waals surface area contributed by atoms with Crippen LogP contribution in [0.3, 0.4) is 0 Å². The van der Waals surface area contributed by atoms with Gasteiger partial charge in [-0.3, -0.25) is 0 Å². The van der Waals surface area contributed by atoms with Crippen LogP contribution in [0.15, 0.2) is 17.4 Å². The monoisotopic (exact) mass is 300 g/mol. The van der Waals surface area contributed by atoms with Gasteiger partial charge >= 0.3 is 0 Å². The van der Waals surface area contributed by atoms with Crippen LogP contribution in [0.2, 0.25) is 5.02 Å². The lowest BCUT2D eigenvalue weighted by atomic mass is 10.2. The van der Waals surface area contributed by atoms with Crippen LogP contribution in [0.1, 0.15) is 18.9 Å². The summed E-state index contributed by atoms with van der Waals surface area (Å²) in [6.45, 7) is 4.02.